The lowest BCUT2D eigenvalue weighted by Crippen LogP contribution is -1.70. The highest BCUT2D eigenvalue weighted by Crippen LogP contribution is 2.29. The Labute approximate surface area is 62.9 Å². The molecule has 1 aromatic carbocycles. The number of nitrogens with one attached hydrogen (secondary N) is 1. The van der Waals surface area contributed by atoms with Crippen molar-refractivity contribution in [2.75, 3.05) is 0 Å². The first-order valence-electron chi connectivity index (χ1n) is 3.27. The molecule has 0 saturated heterocycles. The van der Waals surface area contributed by atoms with Gasteiger partial charge in [0.1, 0.15) is 11.5 Å². The number of hydrogen-bond acceptors (Lipinski definition) is 2. The summed E-state index contributed by atoms with van der Waals surface area (Å²) >= 11 is 0. The second-order valence-corrected chi connectivity index (χ2v) is 2.37. The number of fused-ring (bicyclic) bond motifs is 1. The Bertz CT molecular complexity index is 356. The number of hydrogen-bond donors (Lipinski definition) is 3. The maximum Gasteiger partial charge on any atom is 0.139 e. The Morgan fingerprint density at radius 2 is 1.73 bits per heavy atom. The summed E-state index contributed by atoms with van der Waals surface area (Å²) in [6.07, 6.45) is 1.67. The van der Waals surface area contributed by atoms with Crippen molar-refractivity contribution in [2.45, 2.75) is 0 Å². The van der Waals surface area contributed by atoms with Crippen LogP contribution in [-0.2, 0) is 0 Å². The van der Waals surface area contributed by atoms with Crippen LogP contribution in [0.1, 0.15) is 0 Å². The summed E-state index contributed by atoms with van der Waals surface area (Å²) in [5.41, 5.74) is 0.574. The zero-order valence-electron chi connectivity index (χ0n) is 5.70. The van der Waals surface area contributed by atoms with Crippen LogP contribution in [0.15, 0.2) is 24.4 Å². The van der Waals surface area contributed by atoms with E-state index in [0.29, 0.717) is 10.9 Å². The Balaban J connectivity index is 2.96. The minimum absolute atomic E-state index is 0.155. The molecule has 11 heavy (non-hydrogen) atoms. The van der Waals surface area contributed by atoms with Gasteiger partial charge in [-0.1, -0.05) is 0 Å². The summed E-state index contributed by atoms with van der Waals surface area (Å²) in [5.74, 6) is 0.335. The van der Waals surface area contributed by atoms with Crippen molar-refractivity contribution in [1.29, 1.82) is 0 Å². The van der Waals surface area contributed by atoms with E-state index in [1.54, 1.807) is 12.3 Å². The SMILES string of the molecule is Oc1ccc(O)c2[nH]ccc12. The highest BCUT2D eigenvalue weighted by Gasteiger charge is 2.03. The molecule has 0 spiro atoms. The van der Waals surface area contributed by atoms with Crippen molar-refractivity contribution >= 4 is 10.9 Å². The fraction of sp³-hybridized carbons (Fsp3) is 0. The molecule has 0 aliphatic heterocycles. The molecule has 3 nitrogen and oxygen atoms in total. The van der Waals surface area contributed by atoms with Crippen LogP contribution >= 0.6 is 0 Å². The van der Waals surface area contributed by atoms with Crippen LogP contribution in [0.3, 0.4) is 0 Å². The second kappa shape index (κ2) is 1.92. The summed E-state index contributed by atoms with van der Waals surface area (Å²) in [7, 11) is 0. The number of H-pyrrole nitrogens is 1. The number of aromatic hydroxyl groups is 2. The maximum absolute atomic E-state index is 9.25. The number of rotatable bonds is 0. The molecule has 2 aromatic rings. The largest absolute Gasteiger partial charge is 0.507 e. The van der Waals surface area contributed by atoms with Crippen molar-refractivity contribution in [3.8, 4) is 11.5 Å². The van der Waals surface area contributed by atoms with Crippen molar-refractivity contribution in [3.05, 3.63) is 24.4 Å². The molecule has 0 atom stereocenters. The first kappa shape index (κ1) is 6.09. The van der Waals surface area contributed by atoms with Gasteiger partial charge in [-0.15, -0.1) is 0 Å². The van der Waals surface area contributed by atoms with Crippen LogP contribution < -0.4 is 0 Å². The van der Waals surface area contributed by atoms with Crippen molar-refractivity contribution in [2.24, 2.45) is 0 Å². The lowest BCUT2D eigenvalue weighted by Gasteiger charge is -1.96. The van der Waals surface area contributed by atoms with E-state index in [9.17, 15) is 10.2 Å². The third kappa shape index (κ3) is 0.741. The molecule has 0 amide bonds. The summed E-state index contributed by atoms with van der Waals surface area (Å²) in [4.78, 5) is 2.82. The molecule has 0 saturated carbocycles. The molecule has 3 N–H and O–H groups in total. The van der Waals surface area contributed by atoms with Gasteiger partial charge in [0.2, 0.25) is 0 Å². The van der Waals surface area contributed by atoms with Gasteiger partial charge in [0.15, 0.2) is 0 Å². The molecule has 0 radical (unpaired) electrons. The Kier molecular flexibility index (Phi) is 1.06. The number of aromatic nitrogens is 1. The van der Waals surface area contributed by atoms with Crippen molar-refractivity contribution in [3.63, 3.8) is 0 Å². The van der Waals surface area contributed by atoms with E-state index in [-0.39, 0.29) is 11.5 Å². The third-order valence-electron chi connectivity index (χ3n) is 1.68. The molecule has 0 bridgehead atoms. The van der Waals surface area contributed by atoms with Gasteiger partial charge >= 0.3 is 0 Å². The van der Waals surface area contributed by atoms with Crippen LogP contribution in [0.2, 0.25) is 0 Å². The normalized spacial score (nSPS) is 10.5. The van der Waals surface area contributed by atoms with Gasteiger partial charge in [-0.2, -0.15) is 0 Å². The van der Waals surface area contributed by atoms with E-state index < -0.39 is 0 Å². The van der Waals surface area contributed by atoms with Gasteiger partial charge in [-0.3, -0.25) is 0 Å². The van der Waals surface area contributed by atoms with E-state index in [2.05, 4.69) is 4.98 Å². The van der Waals surface area contributed by atoms with Gasteiger partial charge in [0.05, 0.1) is 5.52 Å². The Morgan fingerprint density at radius 3 is 2.45 bits per heavy atom. The van der Waals surface area contributed by atoms with Crippen LogP contribution in [0, 0.1) is 0 Å². The van der Waals surface area contributed by atoms with Gasteiger partial charge in [0, 0.05) is 11.6 Å². The van der Waals surface area contributed by atoms with Crippen LogP contribution in [-0.4, -0.2) is 15.2 Å². The molecule has 1 aromatic heterocycles. The van der Waals surface area contributed by atoms with E-state index in [4.69, 9.17) is 0 Å². The maximum atomic E-state index is 9.25. The average Bonchev–Trinajstić information content (AvgIpc) is 2.45. The zero-order chi connectivity index (χ0) is 7.84. The highest BCUT2D eigenvalue weighted by molar-refractivity contribution is 5.89. The summed E-state index contributed by atoms with van der Waals surface area (Å²) in [6.45, 7) is 0. The van der Waals surface area contributed by atoms with Gasteiger partial charge in [-0.25, -0.2) is 0 Å². The lowest BCUT2D eigenvalue weighted by atomic mass is 10.2. The van der Waals surface area contributed by atoms with E-state index >= 15 is 0 Å². The molecule has 3 heteroatoms. The number of benzene rings is 1. The average molecular weight is 149 g/mol. The van der Waals surface area contributed by atoms with E-state index in [1.807, 2.05) is 0 Å². The molecule has 0 aliphatic carbocycles. The minimum atomic E-state index is 0.155. The smallest absolute Gasteiger partial charge is 0.139 e. The topological polar surface area (TPSA) is 56.2 Å². The third-order valence-corrected chi connectivity index (χ3v) is 1.68. The molecular weight excluding hydrogens is 142 g/mol. The summed E-state index contributed by atoms with van der Waals surface area (Å²) in [5, 5.41) is 19.1. The van der Waals surface area contributed by atoms with Crippen molar-refractivity contribution < 1.29 is 10.2 Å². The fourth-order valence-electron chi connectivity index (χ4n) is 1.13. The predicted molar refractivity (Wildman–Crippen MR) is 41.6 cm³/mol. The van der Waals surface area contributed by atoms with Gasteiger partial charge in [-0.05, 0) is 18.2 Å². The highest BCUT2D eigenvalue weighted by atomic mass is 16.3. The number of phenols is 2. The molecule has 2 rings (SSSR count). The van der Waals surface area contributed by atoms with Crippen LogP contribution in [0.5, 0.6) is 11.5 Å². The molecule has 56 valence electrons. The molecule has 0 fully saturated rings. The first-order valence-corrected chi connectivity index (χ1v) is 3.27. The van der Waals surface area contributed by atoms with Crippen LogP contribution in [0.25, 0.3) is 10.9 Å². The quantitative estimate of drug-likeness (QED) is 0.498. The molecule has 0 aliphatic rings. The number of phenolic OH excluding ortho intramolecular Hbond substituents is 2. The second-order valence-electron chi connectivity index (χ2n) is 2.37. The van der Waals surface area contributed by atoms with Gasteiger partial charge < -0.3 is 15.2 Å². The lowest BCUT2D eigenvalue weighted by molar-refractivity contribution is 0.469. The Morgan fingerprint density at radius 1 is 1.00 bits per heavy atom. The standard InChI is InChI=1S/C8H7NO2/c10-6-1-2-7(11)8-5(6)3-4-9-8/h1-4,9-11H. The van der Waals surface area contributed by atoms with Crippen LogP contribution in [0.4, 0.5) is 0 Å². The summed E-state index contributed by atoms with van der Waals surface area (Å²) in [6, 6.07) is 4.63. The predicted octanol–water partition coefficient (Wildman–Crippen LogP) is 1.58. The van der Waals surface area contributed by atoms with E-state index in [1.165, 1.54) is 12.1 Å². The fourth-order valence-corrected chi connectivity index (χ4v) is 1.13. The monoisotopic (exact) mass is 149 g/mol. The van der Waals surface area contributed by atoms with Crippen molar-refractivity contribution in [1.82, 2.24) is 4.98 Å². The minimum Gasteiger partial charge on any atom is -0.507 e. The first-order chi connectivity index (χ1) is 5.29. The summed E-state index contributed by atoms with van der Waals surface area (Å²) < 4.78 is 0. The molecular formula is C8H7NO2. The number of aromatic amines is 1. The zero-order valence-corrected chi connectivity index (χ0v) is 5.70. The van der Waals surface area contributed by atoms with E-state index in [0.717, 1.165) is 0 Å². The Hall–Kier alpha value is -1.64. The molecule has 1 heterocycles. The van der Waals surface area contributed by atoms with Gasteiger partial charge in [0.25, 0.3) is 0 Å². The molecule has 0 unspecified atom stereocenters.